The van der Waals surface area contributed by atoms with Crippen LogP contribution in [0.25, 0.3) is 0 Å². The fourth-order valence-corrected chi connectivity index (χ4v) is 3.62. The third-order valence-corrected chi connectivity index (χ3v) is 5.31. The van der Waals surface area contributed by atoms with Crippen molar-refractivity contribution in [3.63, 3.8) is 0 Å². The van der Waals surface area contributed by atoms with Crippen molar-refractivity contribution in [2.75, 3.05) is 62.3 Å². The topological polar surface area (TPSA) is 61.8 Å². The number of hydrogen-bond donors (Lipinski definition) is 0. The second-order valence-electron chi connectivity index (χ2n) is 7.41. The van der Waals surface area contributed by atoms with E-state index in [1.54, 1.807) is 0 Å². The first-order valence-corrected chi connectivity index (χ1v) is 9.89. The van der Waals surface area contributed by atoms with Gasteiger partial charge in [-0.05, 0) is 26.0 Å². The van der Waals surface area contributed by atoms with E-state index < -0.39 is 0 Å². The maximum atomic E-state index is 12.7. The normalized spacial score (nSPS) is 17.7. The summed E-state index contributed by atoms with van der Waals surface area (Å²) in [6.45, 7) is 10.0. The third kappa shape index (κ3) is 4.09. The lowest BCUT2D eigenvalue weighted by Gasteiger charge is -2.35. The van der Waals surface area contributed by atoms with Crippen LogP contribution in [0.4, 0.5) is 11.8 Å². The SMILES string of the molecule is Cc1ccc(C(=O)N2CCN(c3nc(C)cc(N4CCOCC4)n3)CC2)cc1. The van der Waals surface area contributed by atoms with Gasteiger partial charge in [-0.2, -0.15) is 4.98 Å². The number of morpholine rings is 1. The van der Waals surface area contributed by atoms with Gasteiger partial charge in [-0.3, -0.25) is 4.79 Å². The molecule has 0 aliphatic carbocycles. The van der Waals surface area contributed by atoms with Gasteiger partial charge in [0.15, 0.2) is 0 Å². The number of carbonyl (C=O) groups excluding carboxylic acids is 1. The first-order valence-electron chi connectivity index (χ1n) is 9.89. The van der Waals surface area contributed by atoms with Crippen molar-refractivity contribution in [3.05, 3.63) is 47.2 Å². The Morgan fingerprint density at radius 1 is 0.893 bits per heavy atom. The number of hydrogen-bond acceptors (Lipinski definition) is 6. The number of aryl methyl sites for hydroxylation is 2. The van der Waals surface area contributed by atoms with E-state index in [1.165, 1.54) is 0 Å². The van der Waals surface area contributed by atoms with Gasteiger partial charge >= 0.3 is 0 Å². The fourth-order valence-electron chi connectivity index (χ4n) is 3.62. The maximum Gasteiger partial charge on any atom is 0.253 e. The average molecular weight is 381 g/mol. The van der Waals surface area contributed by atoms with Gasteiger partial charge in [-0.1, -0.05) is 17.7 Å². The Morgan fingerprint density at radius 2 is 1.57 bits per heavy atom. The van der Waals surface area contributed by atoms with Gasteiger partial charge in [0, 0.05) is 56.6 Å². The highest BCUT2D eigenvalue weighted by atomic mass is 16.5. The van der Waals surface area contributed by atoms with Crippen LogP contribution in [0.15, 0.2) is 30.3 Å². The first kappa shape index (κ1) is 18.7. The number of ether oxygens (including phenoxy) is 1. The molecule has 1 amide bonds. The summed E-state index contributed by atoms with van der Waals surface area (Å²) in [5, 5.41) is 0. The number of rotatable bonds is 3. The van der Waals surface area contributed by atoms with E-state index in [0.29, 0.717) is 13.1 Å². The zero-order valence-electron chi connectivity index (χ0n) is 16.6. The van der Waals surface area contributed by atoms with Crippen molar-refractivity contribution >= 4 is 17.7 Å². The number of piperazine rings is 1. The van der Waals surface area contributed by atoms with Crippen LogP contribution in [0.5, 0.6) is 0 Å². The van der Waals surface area contributed by atoms with Gasteiger partial charge in [-0.15, -0.1) is 0 Å². The lowest BCUT2D eigenvalue weighted by Crippen LogP contribution is -2.49. The standard InChI is InChI=1S/C21H27N5O2/c1-16-3-5-18(6-4-16)20(27)25-7-9-26(10-8-25)21-22-17(2)15-19(23-21)24-11-13-28-14-12-24/h3-6,15H,7-14H2,1-2H3. The van der Waals surface area contributed by atoms with Crippen LogP contribution in [0, 0.1) is 13.8 Å². The van der Waals surface area contributed by atoms with Crippen LogP contribution in [0.2, 0.25) is 0 Å². The monoisotopic (exact) mass is 381 g/mol. The molecule has 0 radical (unpaired) electrons. The van der Waals surface area contributed by atoms with Crippen LogP contribution in [-0.2, 0) is 4.74 Å². The number of aromatic nitrogens is 2. The predicted molar refractivity (Wildman–Crippen MR) is 109 cm³/mol. The molecule has 0 saturated carbocycles. The summed E-state index contributed by atoms with van der Waals surface area (Å²) in [4.78, 5) is 28.5. The summed E-state index contributed by atoms with van der Waals surface area (Å²) in [7, 11) is 0. The molecule has 0 bridgehead atoms. The number of amides is 1. The average Bonchev–Trinajstić information content (AvgIpc) is 2.74. The molecule has 28 heavy (non-hydrogen) atoms. The Balaban J connectivity index is 1.42. The van der Waals surface area contributed by atoms with Crippen LogP contribution >= 0.6 is 0 Å². The Morgan fingerprint density at radius 3 is 2.25 bits per heavy atom. The Labute approximate surface area is 165 Å². The zero-order chi connectivity index (χ0) is 19.5. The zero-order valence-corrected chi connectivity index (χ0v) is 16.6. The van der Waals surface area contributed by atoms with Crippen molar-refractivity contribution in [2.24, 2.45) is 0 Å². The molecule has 2 aliphatic rings. The molecule has 7 heteroatoms. The third-order valence-electron chi connectivity index (χ3n) is 5.31. The molecular formula is C21H27N5O2. The van der Waals surface area contributed by atoms with Gasteiger partial charge in [-0.25, -0.2) is 4.98 Å². The van der Waals surface area contributed by atoms with Crippen molar-refractivity contribution in [1.82, 2.24) is 14.9 Å². The summed E-state index contributed by atoms with van der Waals surface area (Å²) in [6, 6.07) is 9.81. The molecule has 2 aliphatic heterocycles. The van der Waals surface area contributed by atoms with E-state index in [0.717, 1.165) is 68.0 Å². The van der Waals surface area contributed by atoms with Gasteiger partial charge in [0.2, 0.25) is 5.95 Å². The second kappa shape index (κ2) is 8.14. The number of nitrogens with zero attached hydrogens (tertiary/aromatic N) is 5. The van der Waals surface area contributed by atoms with Crippen molar-refractivity contribution < 1.29 is 9.53 Å². The summed E-state index contributed by atoms with van der Waals surface area (Å²) in [5.41, 5.74) is 2.87. The molecule has 0 unspecified atom stereocenters. The summed E-state index contributed by atoms with van der Waals surface area (Å²) in [5.74, 6) is 1.81. The molecule has 148 valence electrons. The molecular weight excluding hydrogens is 354 g/mol. The highest BCUT2D eigenvalue weighted by Gasteiger charge is 2.24. The van der Waals surface area contributed by atoms with E-state index in [2.05, 4.69) is 14.8 Å². The minimum absolute atomic E-state index is 0.0961. The van der Waals surface area contributed by atoms with Crippen molar-refractivity contribution in [2.45, 2.75) is 13.8 Å². The maximum absolute atomic E-state index is 12.7. The molecule has 2 saturated heterocycles. The molecule has 4 rings (SSSR count). The van der Waals surface area contributed by atoms with Gasteiger partial charge in [0.1, 0.15) is 5.82 Å². The van der Waals surface area contributed by atoms with Gasteiger partial charge in [0.05, 0.1) is 13.2 Å². The quantitative estimate of drug-likeness (QED) is 0.809. The second-order valence-corrected chi connectivity index (χ2v) is 7.41. The lowest BCUT2D eigenvalue weighted by atomic mass is 10.1. The van der Waals surface area contributed by atoms with Crippen LogP contribution in [0.3, 0.4) is 0 Å². The van der Waals surface area contributed by atoms with Gasteiger partial charge < -0.3 is 19.4 Å². The highest BCUT2D eigenvalue weighted by Crippen LogP contribution is 2.20. The Kier molecular flexibility index (Phi) is 5.43. The number of anilines is 2. The molecule has 2 fully saturated rings. The fraction of sp³-hybridized carbons (Fsp3) is 0.476. The Hall–Kier alpha value is -2.67. The first-order chi connectivity index (χ1) is 13.6. The van der Waals surface area contributed by atoms with Crippen LogP contribution < -0.4 is 9.80 Å². The van der Waals surface area contributed by atoms with Crippen LogP contribution in [-0.4, -0.2) is 73.3 Å². The van der Waals surface area contributed by atoms with Crippen molar-refractivity contribution in [3.8, 4) is 0 Å². The smallest absolute Gasteiger partial charge is 0.253 e. The summed E-state index contributed by atoms with van der Waals surface area (Å²) >= 11 is 0. The molecule has 0 N–H and O–H groups in total. The molecule has 0 atom stereocenters. The van der Waals surface area contributed by atoms with E-state index in [1.807, 2.05) is 49.1 Å². The molecule has 7 nitrogen and oxygen atoms in total. The molecule has 0 spiro atoms. The molecule has 3 heterocycles. The largest absolute Gasteiger partial charge is 0.378 e. The summed E-state index contributed by atoms with van der Waals surface area (Å²) < 4.78 is 5.44. The number of benzene rings is 1. The number of carbonyl (C=O) groups is 1. The van der Waals surface area contributed by atoms with Crippen LogP contribution in [0.1, 0.15) is 21.6 Å². The summed E-state index contributed by atoms with van der Waals surface area (Å²) in [6.07, 6.45) is 0. The van der Waals surface area contributed by atoms with E-state index in [4.69, 9.17) is 9.72 Å². The minimum Gasteiger partial charge on any atom is -0.378 e. The van der Waals surface area contributed by atoms with Crippen molar-refractivity contribution in [1.29, 1.82) is 0 Å². The van der Waals surface area contributed by atoms with E-state index in [9.17, 15) is 4.79 Å². The molecule has 1 aromatic heterocycles. The minimum atomic E-state index is 0.0961. The highest BCUT2D eigenvalue weighted by molar-refractivity contribution is 5.94. The van der Waals surface area contributed by atoms with E-state index in [-0.39, 0.29) is 5.91 Å². The van der Waals surface area contributed by atoms with Gasteiger partial charge in [0.25, 0.3) is 5.91 Å². The molecule has 2 aromatic rings. The molecule has 1 aromatic carbocycles. The predicted octanol–water partition coefficient (Wildman–Crippen LogP) is 1.89. The lowest BCUT2D eigenvalue weighted by molar-refractivity contribution is 0.0746. The van der Waals surface area contributed by atoms with E-state index >= 15 is 0 Å². The Bertz CT molecular complexity index is 825.